The first-order chi connectivity index (χ1) is 15.3. The summed E-state index contributed by atoms with van der Waals surface area (Å²) in [6, 6.07) is 0. The second-order valence-corrected chi connectivity index (χ2v) is 9.48. The third-order valence-electron chi connectivity index (χ3n) is 6.35. The molecular weight excluding hydrogens is 426 g/mol. The molecule has 1 amide bonds. The minimum Gasteiger partial charge on any atom is -0.381 e. The Hall–Kier alpha value is -1.43. The Morgan fingerprint density at radius 1 is 1.34 bits per heavy atom. The summed E-state index contributed by atoms with van der Waals surface area (Å²) in [6.07, 6.45) is 18.1. The van der Waals surface area contributed by atoms with Gasteiger partial charge in [0.05, 0.1) is 12.6 Å². The van der Waals surface area contributed by atoms with E-state index in [1.54, 1.807) is 32.1 Å². The summed E-state index contributed by atoms with van der Waals surface area (Å²) >= 11 is 6.37. The number of epoxide rings is 1. The number of nitrogens with zero attached hydrogens (tertiary/aromatic N) is 1. The molecular formula is C26H40ClNO4. The maximum atomic E-state index is 12.4. The highest BCUT2D eigenvalue weighted by Crippen LogP contribution is 2.47. The number of rotatable bonds is 15. The number of carbonyl (C=O) groups is 2. The van der Waals surface area contributed by atoms with E-state index in [0.717, 1.165) is 19.3 Å². The summed E-state index contributed by atoms with van der Waals surface area (Å²) in [4.78, 5) is 26.5. The molecule has 0 N–H and O–H groups in total. The predicted molar refractivity (Wildman–Crippen MR) is 130 cm³/mol. The van der Waals surface area contributed by atoms with Gasteiger partial charge in [0.15, 0.2) is 11.4 Å². The molecule has 5 nitrogen and oxygen atoms in total. The first kappa shape index (κ1) is 26.8. The first-order valence-electron chi connectivity index (χ1n) is 12.0. The van der Waals surface area contributed by atoms with Crippen LogP contribution in [0.15, 0.2) is 34.9 Å². The topological polar surface area (TPSA) is 59.1 Å². The van der Waals surface area contributed by atoms with Gasteiger partial charge in [0, 0.05) is 25.6 Å². The van der Waals surface area contributed by atoms with Crippen LogP contribution in [0, 0.1) is 0 Å². The highest BCUT2D eigenvalue weighted by Gasteiger charge is 2.62. The van der Waals surface area contributed by atoms with Gasteiger partial charge in [-0.15, -0.1) is 0 Å². The number of fused-ring (bicyclic) bond motifs is 1. The van der Waals surface area contributed by atoms with Crippen LogP contribution in [0.1, 0.15) is 78.1 Å². The lowest BCUT2D eigenvalue weighted by atomic mass is 9.87. The van der Waals surface area contributed by atoms with Crippen LogP contribution < -0.4 is 0 Å². The molecule has 2 aliphatic rings. The number of halogens is 1. The van der Waals surface area contributed by atoms with Crippen molar-refractivity contribution in [1.29, 1.82) is 0 Å². The highest BCUT2D eigenvalue weighted by atomic mass is 35.5. The van der Waals surface area contributed by atoms with Crippen molar-refractivity contribution in [2.45, 2.75) is 95.9 Å². The average Bonchev–Trinajstić information content (AvgIpc) is 3.48. The van der Waals surface area contributed by atoms with Gasteiger partial charge in [-0.25, -0.2) is 0 Å². The van der Waals surface area contributed by atoms with E-state index in [9.17, 15) is 9.59 Å². The Kier molecular flexibility index (Phi) is 11.2. The van der Waals surface area contributed by atoms with Gasteiger partial charge in [-0.05, 0) is 44.3 Å². The van der Waals surface area contributed by atoms with Crippen molar-refractivity contribution in [3.8, 4) is 0 Å². The average molecular weight is 466 g/mol. The Morgan fingerprint density at radius 2 is 2.09 bits per heavy atom. The number of Topliss-reactive ketones (excluding diaryl/α,β-unsaturated/α-hetero) is 1. The number of ketones is 1. The van der Waals surface area contributed by atoms with E-state index in [-0.39, 0.29) is 30.4 Å². The quantitative estimate of drug-likeness (QED) is 0.176. The van der Waals surface area contributed by atoms with E-state index in [1.807, 2.05) is 6.08 Å². The fourth-order valence-corrected chi connectivity index (χ4v) is 4.51. The van der Waals surface area contributed by atoms with Crippen LogP contribution in [0.3, 0.4) is 0 Å². The monoisotopic (exact) mass is 465 g/mol. The van der Waals surface area contributed by atoms with Crippen LogP contribution in [0.5, 0.6) is 0 Å². The Labute approximate surface area is 198 Å². The Morgan fingerprint density at radius 3 is 2.81 bits per heavy atom. The van der Waals surface area contributed by atoms with E-state index >= 15 is 0 Å². The van der Waals surface area contributed by atoms with E-state index in [4.69, 9.17) is 21.1 Å². The number of hydrogen-bond donors (Lipinski definition) is 0. The molecule has 0 aromatic rings. The normalized spacial score (nSPS) is 23.8. The number of likely N-dealkylation sites (N-methyl/N-ethyl adjacent to an activating group) is 1. The van der Waals surface area contributed by atoms with E-state index < -0.39 is 5.60 Å². The molecule has 0 radical (unpaired) electrons. The van der Waals surface area contributed by atoms with Gasteiger partial charge >= 0.3 is 0 Å². The van der Waals surface area contributed by atoms with Crippen LogP contribution >= 0.6 is 11.6 Å². The molecule has 1 aliphatic carbocycles. The zero-order valence-corrected chi connectivity index (χ0v) is 21.0. The summed E-state index contributed by atoms with van der Waals surface area (Å²) in [5, 5.41) is 0.462. The fraction of sp³-hybridized carbons (Fsp3) is 0.692. The number of unbranched alkanes of at least 4 members (excludes halogenated alkanes) is 4. The Bertz CT molecular complexity index is 729. The molecule has 1 saturated heterocycles. The SMILES string of the molecule is CCCCCCC[C@H](C/C=C/CCC(=O)N(C)C/C(Cl)=C/[C@@]12O[C@@H]1CC=C(C)C2=O)OC. The molecule has 1 heterocycles. The van der Waals surface area contributed by atoms with Crippen LogP contribution in [0.25, 0.3) is 0 Å². The van der Waals surface area contributed by atoms with Crippen molar-refractivity contribution < 1.29 is 19.1 Å². The van der Waals surface area contributed by atoms with Crippen molar-refractivity contribution in [3.05, 3.63) is 34.9 Å². The summed E-state index contributed by atoms with van der Waals surface area (Å²) < 4.78 is 11.2. The third kappa shape index (κ3) is 7.86. The van der Waals surface area contributed by atoms with Gasteiger partial charge in [0.1, 0.15) is 6.10 Å². The summed E-state index contributed by atoms with van der Waals surface area (Å²) in [5.74, 6) is -0.00133. The van der Waals surface area contributed by atoms with E-state index in [0.29, 0.717) is 23.4 Å². The lowest BCUT2D eigenvalue weighted by Gasteiger charge is -2.18. The first-order valence-corrected chi connectivity index (χ1v) is 12.4. The van der Waals surface area contributed by atoms with Crippen molar-refractivity contribution in [2.24, 2.45) is 0 Å². The molecule has 3 atom stereocenters. The molecule has 0 unspecified atom stereocenters. The molecule has 0 saturated carbocycles. The van der Waals surface area contributed by atoms with Crippen LogP contribution in [-0.4, -0.2) is 55.1 Å². The van der Waals surface area contributed by atoms with Gasteiger partial charge < -0.3 is 14.4 Å². The molecule has 32 heavy (non-hydrogen) atoms. The second-order valence-electron chi connectivity index (χ2n) is 9.00. The zero-order chi connectivity index (χ0) is 23.6. The van der Waals surface area contributed by atoms with Gasteiger partial charge in [-0.3, -0.25) is 9.59 Å². The van der Waals surface area contributed by atoms with E-state index in [1.165, 1.54) is 32.1 Å². The number of ether oxygens (including phenoxy) is 2. The number of hydrogen-bond acceptors (Lipinski definition) is 4. The van der Waals surface area contributed by atoms with Crippen molar-refractivity contribution in [3.63, 3.8) is 0 Å². The molecule has 0 aromatic heterocycles. The minimum atomic E-state index is -0.906. The standard InChI is InChI=1S/C26H40ClNO4/c1-5-6-7-8-10-13-22(31-4)14-11-9-12-15-24(29)28(3)19-21(27)18-26-23(32-26)17-16-20(2)25(26)30/h9,11,16,18,22-23H,5-8,10,12-15,17,19H2,1-4H3/b11-9+,21-18-/t22-,23-,26-/m1/s1. The second kappa shape index (κ2) is 13.3. The summed E-state index contributed by atoms with van der Waals surface area (Å²) in [6.45, 7) is 4.31. The maximum absolute atomic E-state index is 12.4. The van der Waals surface area contributed by atoms with Crippen LogP contribution in [0.4, 0.5) is 0 Å². The number of allylic oxidation sites excluding steroid dienone is 1. The zero-order valence-electron chi connectivity index (χ0n) is 20.2. The number of amides is 1. The van der Waals surface area contributed by atoms with Gasteiger partial charge in [0.25, 0.3) is 0 Å². The van der Waals surface area contributed by atoms with Gasteiger partial charge in [-0.1, -0.05) is 68.9 Å². The molecule has 0 aromatic carbocycles. The maximum Gasteiger partial charge on any atom is 0.222 e. The number of methoxy groups -OCH3 is 1. The molecule has 6 heteroatoms. The molecule has 0 spiro atoms. The predicted octanol–water partition coefficient (Wildman–Crippen LogP) is 5.73. The molecule has 180 valence electrons. The highest BCUT2D eigenvalue weighted by molar-refractivity contribution is 6.30. The molecule has 0 bridgehead atoms. The molecule has 1 aliphatic heterocycles. The van der Waals surface area contributed by atoms with Crippen molar-refractivity contribution >= 4 is 23.3 Å². The Balaban J connectivity index is 1.67. The fourth-order valence-electron chi connectivity index (χ4n) is 4.17. The largest absolute Gasteiger partial charge is 0.381 e. The van der Waals surface area contributed by atoms with Gasteiger partial charge in [0.2, 0.25) is 5.91 Å². The van der Waals surface area contributed by atoms with Crippen molar-refractivity contribution in [1.82, 2.24) is 4.90 Å². The third-order valence-corrected chi connectivity index (χ3v) is 6.58. The lowest BCUT2D eigenvalue weighted by molar-refractivity contribution is -0.129. The minimum absolute atomic E-state index is 0.0252. The van der Waals surface area contributed by atoms with E-state index in [2.05, 4.69) is 19.1 Å². The van der Waals surface area contributed by atoms with Crippen LogP contribution in [0.2, 0.25) is 0 Å². The smallest absolute Gasteiger partial charge is 0.222 e. The molecule has 1 fully saturated rings. The summed E-state index contributed by atoms with van der Waals surface area (Å²) in [7, 11) is 3.51. The van der Waals surface area contributed by atoms with Gasteiger partial charge in [-0.2, -0.15) is 0 Å². The summed E-state index contributed by atoms with van der Waals surface area (Å²) in [5.41, 5.74) is -0.195. The lowest BCUT2D eigenvalue weighted by Crippen LogP contribution is -2.31. The van der Waals surface area contributed by atoms with Crippen LogP contribution in [-0.2, 0) is 19.1 Å². The van der Waals surface area contributed by atoms with Crippen molar-refractivity contribution in [2.75, 3.05) is 20.7 Å². The molecule has 2 rings (SSSR count). The number of carbonyl (C=O) groups excluding carboxylic acids is 2.